The first kappa shape index (κ1) is 16.0. The largest absolute Gasteiger partial charge is 0.396 e. The summed E-state index contributed by atoms with van der Waals surface area (Å²) < 4.78 is 0. The highest BCUT2D eigenvalue weighted by Gasteiger charge is 2.11. The van der Waals surface area contributed by atoms with E-state index in [1.54, 1.807) is 18.5 Å². The summed E-state index contributed by atoms with van der Waals surface area (Å²) in [5.41, 5.74) is 2.42. The molecule has 5 heteroatoms. The molecule has 116 valence electrons. The van der Waals surface area contributed by atoms with Crippen molar-refractivity contribution in [3.05, 3.63) is 59.9 Å². The van der Waals surface area contributed by atoms with Gasteiger partial charge in [-0.1, -0.05) is 25.1 Å². The van der Waals surface area contributed by atoms with Gasteiger partial charge < -0.3 is 15.7 Å². The van der Waals surface area contributed by atoms with Crippen LogP contribution in [0.15, 0.2) is 48.8 Å². The Kier molecular flexibility index (Phi) is 5.91. The van der Waals surface area contributed by atoms with Gasteiger partial charge in [0.25, 0.3) is 5.91 Å². The van der Waals surface area contributed by atoms with Gasteiger partial charge in [-0.3, -0.25) is 9.78 Å². The third kappa shape index (κ3) is 4.56. The Bertz CT molecular complexity index is 602. The van der Waals surface area contributed by atoms with Crippen LogP contribution in [-0.2, 0) is 6.54 Å². The zero-order chi connectivity index (χ0) is 15.8. The Morgan fingerprint density at radius 1 is 1.27 bits per heavy atom. The lowest BCUT2D eigenvalue weighted by atomic mass is 10.1. The van der Waals surface area contributed by atoms with Crippen molar-refractivity contribution in [3.8, 4) is 0 Å². The van der Waals surface area contributed by atoms with Gasteiger partial charge in [-0.05, 0) is 29.7 Å². The number of hydrogen-bond acceptors (Lipinski definition) is 4. The van der Waals surface area contributed by atoms with E-state index in [1.165, 1.54) is 0 Å². The Morgan fingerprint density at radius 3 is 2.82 bits per heavy atom. The third-order valence-electron chi connectivity index (χ3n) is 3.30. The molecule has 0 saturated carbocycles. The van der Waals surface area contributed by atoms with Gasteiger partial charge in [-0.25, -0.2) is 0 Å². The highest BCUT2D eigenvalue weighted by Crippen LogP contribution is 2.16. The van der Waals surface area contributed by atoms with Crippen LogP contribution in [0.3, 0.4) is 0 Å². The molecule has 0 saturated heterocycles. The molecule has 1 aromatic heterocycles. The van der Waals surface area contributed by atoms with Gasteiger partial charge >= 0.3 is 0 Å². The van der Waals surface area contributed by atoms with E-state index in [9.17, 15) is 4.79 Å². The minimum absolute atomic E-state index is 0.0412. The molecule has 5 nitrogen and oxygen atoms in total. The van der Waals surface area contributed by atoms with Crippen LogP contribution in [0.2, 0.25) is 0 Å². The molecule has 1 unspecified atom stereocenters. The molecule has 1 atom stereocenters. The van der Waals surface area contributed by atoms with E-state index >= 15 is 0 Å². The smallest absolute Gasteiger partial charge is 0.253 e. The molecular weight excluding hydrogens is 278 g/mol. The summed E-state index contributed by atoms with van der Waals surface area (Å²) in [6.07, 6.45) is 3.52. The number of nitrogens with zero attached hydrogens (tertiary/aromatic N) is 1. The minimum atomic E-state index is -0.144. The zero-order valence-corrected chi connectivity index (χ0v) is 12.6. The van der Waals surface area contributed by atoms with Crippen LogP contribution in [0.5, 0.6) is 0 Å². The van der Waals surface area contributed by atoms with E-state index in [0.29, 0.717) is 18.7 Å². The molecule has 1 amide bonds. The predicted molar refractivity (Wildman–Crippen MR) is 86.6 cm³/mol. The van der Waals surface area contributed by atoms with Crippen molar-refractivity contribution in [2.24, 2.45) is 5.92 Å². The maximum absolute atomic E-state index is 12.3. The molecular formula is C17H21N3O2. The quantitative estimate of drug-likeness (QED) is 0.731. The fraction of sp³-hybridized carbons (Fsp3) is 0.294. The van der Waals surface area contributed by atoms with Crippen molar-refractivity contribution in [1.82, 2.24) is 10.3 Å². The van der Waals surface area contributed by atoms with Gasteiger partial charge in [-0.2, -0.15) is 0 Å². The molecule has 0 aliphatic carbocycles. The molecule has 0 aliphatic heterocycles. The van der Waals surface area contributed by atoms with Crippen LogP contribution >= 0.6 is 0 Å². The summed E-state index contributed by atoms with van der Waals surface area (Å²) in [6, 6.07) is 11.2. The highest BCUT2D eigenvalue weighted by atomic mass is 16.3. The molecule has 22 heavy (non-hydrogen) atoms. The zero-order valence-electron chi connectivity index (χ0n) is 12.6. The van der Waals surface area contributed by atoms with Crippen molar-refractivity contribution in [2.75, 3.05) is 18.5 Å². The lowest BCUT2D eigenvalue weighted by Crippen LogP contribution is -2.30. The monoisotopic (exact) mass is 299 g/mol. The standard InChI is InChI=1S/C17H21N3O2/c1-13(12-21)9-20-17(22)15-6-2-3-7-16(15)19-11-14-5-4-8-18-10-14/h2-8,10,13,19,21H,9,11-12H2,1H3,(H,20,22). The summed E-state index contributed by atoms with van der Waals surface area (Å²) in [4.78, 5) is 16.3. The summed E-state index contributed by atoms with van der Waals surface area (Å²) in [6.45, 7) is 2.99. The van der Waals surface area contributed by atoms with Crippen LogP contribution in [-0.4, -0.2) is 29.1 Å². The van der Waals surface area contributed by atoms with Gasteiger partial charge in [0.05, 0.1) is 5.56 Å². The number of aliphatic hydroxyl groups is 1. The fourth-order valence-electron chi connectivity index (χ4n) is 1.96. The van der Waals surface area contributed by atoms with Gasteiger partial charge in [0.15, 0.2) is 0 Å². The first-order valence-corrected chi connectivity index (χ1v) is 7.31. The number of nitrogens with one attached hydrogen (secondary N) is 2. The van der Waals surface area contributed by atoms with E-state index in [0.717, 1.165) is 11.3 Å². The average molecular weight is 299 g/mol. The number of carbonyl (C=O) groups excluding carboxylic acids is 1. The Labute approximate surface area is 130 Å². The van der Waals surface area contributed by atoms with Gasteiger partial charge in [-0.15, -0.1) is 0 Å². The van der Waals surface area contributed by atoms with Crippen molar-refractivity contribution in [1.29, 1.82) is 0 Å². The SMILES string of the molecule is CC(CO)CNC(=O)c1ccccc1NCc1cccnc1. The van der Waals surface area contributed by atoms with E-state index in [1.807, 2.05) is 37.3 Å². The summed E-state index contributed by atoms with van der Waals surface area (Å²) in [5, 5.41) is 15.1. The number of para-hydroxylation sites is 1. The third-order valence-corrected chi connectivity index (χ3v) is 3.30. The van der Waals surface area contributed by atoms with Crippen LogP contribution in [0.4, 0.5) is 5.69 Å². The van der Waals surface area contributed by atoms with E-state index in [-0.39, 0.29) is 18.4 Å². The second-order valence-corrected chi connectivity index (χ2v) is 5.26. The maximum Gasteiger partial charge on any atom is 0.253 e. The molecule has 1 aromatic carbocycles. The van der Waals surface area contributed by atoms with Crippen LogP contribution in [0.1, 0.15) is 22.8 Å². The number of aromatic nitrogens is 1. The molecule has 3 N–H and O–H groups in total. The van der Waals surface area contributed by atoms with E-state index in [2.05, 4.69) is 15.6 Å². The number of carbonyl (C=O) groups is 1. The fourth-order valence-corrected chi connectivity index (χ4v) is 1.96. The van der Waals surface area contributed by atoms with Gasteiger partial charge in [0.1, 0.15) is 0 Å². The van der Waals surface area contributed by atoms with Crippen LogP contribution < -0.4 is 10.6 Å². The summed E-state index contributed by atoms with van der Waals surface area (Å²) in [7, 11) is 0. The lowest BCUT2D eigenvalue weighted by Gasteiger charge is -2.13. The number of amides is 1. The van der Waals surface area contributed by atoms with Crippen LogP contribution in [0, 0.1) is 5.92 Å². The second-order valence-electron chi connectivity index (χ2n) is 5.26. The molecule has 0 spiro atoms. The second kappa shape index (κ2) is 8.14. The maximum atomic E-state index is 12.3. The first-order chi connectivity index (χ1) is 10.7. The van der Waals surface area contributed by atoms with Gasteiger partial charge in [0.2, 0.25) is 0 Å². The summed E-state index contributed by atoms with van der Waals surface area (Å²) in [5.74, 6) is -0.103. The van der Waals surface area contributed by atoms with Crippen LogP contribution in [0.25, 0.3) is 0 Å². The number of benzene rings is 1. The Balaban J connectivity index is 2.01. The van der Waals surface area contributed by atoms with E-state index in [4.69, 9.17) is 5.11 Å². The molecule has 0 fully saturated rings. The molecule has 2 rings (SSSR count). The first-order valence-electron chi connectivity index (χ1n) is 7.31. The van der Waals surface area contributed by atoms with Crippen molar-refractivity contribution >= 4 is 11.6 Å². The average Bonchev–Trinajstić information content (AvgIpc) is 2.58. The predicted octanol–water partition coefficient (Wildman–Crippen LogP) is 2.05. The highest BCUT2D eigenvalue weighted by molar-refractivity contribution is 5.99. The van der Waals surface area contributed by atoms with Crippen molar-refractivity contribution in [3.63, 3.8) is 0 Å². The molecule has 0 aliphatic rings. The minimum Gasteiger partial charge on any atom is -0.396 e. The lowest BCUT2D eigenvalue weighted by molar-refractivity contribution is 0.0943. The van der Waals surface area contributed by atoms with Gasteiger partial charge in [0, 0.05) is 37.8 Å². The number of aliphatic hydroxyl groups excluding tert-OH is 1. The molecule has 1 heterocycles. The molecule has 2 aromatic rings. The van der Waals surface area contributed by atoms with Crippen molar-refractivity contribution in [2.45, 2.75) is 13.5 Å². The topological polar surface area (TPSA) is 74.2 Å². The number of rotatable bonds is 7. The number of hydrogen-bond donors (Lipinski definition) is 3. The summed E-state index contributed by atoms with van der Waals surface area (Å²) >= 11 is 0. The van der Waals surface area contributed by atoms with Crippen molar-refractivity contribution < 1.29 is 9.90 Å². The normalized spacial score (nSPS) is 11.7. The number of anilines is 1. The Hall–Kier alpha value is -2.40. The molecule has 0 radical (unpaired) electrons. The number of pyridine rings is 1. The molecule has 0 bridgehead atoms. The Morgan fingerprint density at radius 2 is 2.09 bits per heavy atom. The van der Waals surface area contributed by atoms with E-state index < -0.39 is 0 Å².